The number of hydrogen-bond acceptors (Lipinski definition) is 4. The van der Waals surface area contributed by atoms with Crippen molar-refractivity contribution in [3.8, 4) is 28.0 Å². The maximum Gasteiger partial charge on any atom is 0.418 e. The van der Waals surface area contributed by atoms with Crippen LogP contribution in [0.3, 0.4) is 0 Å². The van der Waals surface area contributed by atoms with Crippen LogP contribution in [0.2, 0.25) is 0 Å². The van der Waals surface area contributed by atoms with Gasteiger partial charge in [-0.3, -0.25) is 4.98 Å². The Hall–Kier alpha value is -4.91. The summed E-state index contributed by atoms with van der Waals surface area (Å²) >= 11 is 0. The third kappa shape index (κ3) is 5.89. The van der Waals surface area contributed by atoms with Gasteiger partial charge >= 0.3 is 12.1 Å². The number of aromatic nitrogens is 1. The van der Waals surface area contributed by atoms with Crippen LogP contribution in [0.5, 0.6) is 5.75 Å². The number of pyridine rings is 1. The van der Waals surface area contributed by atoms with E-state index in [1.54, 1.807) is 12.1 Å². The van der Waals surface area contributed by atoms with Crippen LogP contribution in [-0.4, -0.2) is 18.1 Å². The number of para-hydroxylation sites is 1. The lowest BCUT2D eigenvalue weighted by Gasteiger charge is -2.17. The molecule has 0 saturated heterocycles. The Bertz CT molecular complexity index is 1680. The number of nitrogens with zero attached hydrogens (tertiary/aromatic N) is 1. The summed E-state index contributed by atoms with van der Waals surface area (Å²) in [4.78, 5) is 15.6. The Morgan fingerprint density at radius 3 is 2.33 bits per heavy atom. The van der Waals surface area contributed by atoms with Crippen LogP contribution in [0.4, 0.5) is 13.2 Å². The molecule has 0 aliphatic heterocycles. The molecule has 40 heavy (non-hydrogen) atoms. The average Bonchev–Trinajstić information content (AvgIpc) is 2.98. The average molecular weight is 540 g/mol. The van der Waals surface area contributed by atoms with Crippen LogP contribution in [0.15, 0.2) is 109 Å². The smallest absolute Gasteiger partial charge is 0.418 e. The van der Waals surface area contributed by atoms with E-state index in [2.05, 4.69) is 9.72 Å². The molecule has 4 aromatic carbocycles. The van der Waals surface area contributed by atoms with Crippen LogP contribution in [0.1, 0.15) is 16.7 Å². The van der Waals surface area contributed by atoms with Gasteiger partial charge in [-0.2, -0.15) is 13.2 Å². The predicted molar refractivity (Wildman–Crippen MR) is 149 cm³/mol. The molecule has 0 fully saturated rings. The molecule has 7 heteroatoms. The number of carbonyl (C=O) groups is 1. The van der Waals surface area contributed by atoms with E-state index < -0.39 is 17.7 Å². The lowest BCUT2D eigenvalue weighted by Crippen LogP contribution is -2.07. The summed E-state index contributed by atoms with van der Waals surface area (Å²) in [6, 6.07) is 28.4. The Morgan fingerprint density at radius 2 is 1.60 bits per heavy atom. The zero-order chi connectivity index (χ0) is 28.1. The Balaban J connectivity index is 1.50. The van der Waals surface area contributed by atoms with Crippen molar-refractivity contribution in [1.29, 1.82) is 0 Å². The van der Waals surface area contributed by atoms with Gasteiger partial charge in [0, 0.05) is 28.8 Å². The van der Waals surface area contributed by atoms with E-state index in [1.807, 2.05) is 78.9 Å². The summed E-state index contributed by atoms with van der Waals surface area (Å²) in [6.45, 7) is 0.283. The van der Waals surface area contributed by atoms with Crippen LogP contribution in [-0.2, 0) is 22.3 Å². The first-order valence-corrected chi connectivity index (χ1v) is 12.5. The van der Waals surface area contributed by atoms with Crippen molar-refractivity contribution in [3.63, 3.8) is 0 Å². The second kappa shape index (κ2) is 11.5. The van der Waals surface area contributed by atoms with Crippen molar-refractivity contribution in [3.05, 3.63) is 126 Å². The minimum absolute atomic E-state index is 0.0997. The molecular formula is C33H24F3NO3. The number of hydrogen-bond donors (Lipinski definition) is 0. The third-order valence-corrected chi connectivity index (χ3v) is 6.41. The summed E-state index contributed by atoms with van der Waals surface area (Å²) in [5, 5.41) is 0.406. The van der Waals surface area contributed by atoms with Crippen molar-refractivity contribution in [2.45, 2.75) is 12.8 Å². The molecule has 0 bridgehead atoms. The molecule has 5 rings (SSSR count). The molecule has 0 saturated carbocycles. The van der Waals surface area contributed by atoms with E-state index in [0.717, 1.165) is 28.3 Å². The number of alkyl halides is 3. The summed E-state index contributed by atoms with van der Waals surface area (Å²) < 4.78 is 52.2. The predicted octanol–water partition coefficient (Wildman–Crippen LogP) is 8.35. The molecule has 0 radical (unpaired) electrons. The van der Waals surface area contributed by atoms with Crippen molar-refractivity contribution < 1.29 is 27.4 Å². The number of esters is 1. The molecular weight excluding hydrogens is 515 g/mol. The number of halogens is 3. The number of benzene rings is 4. The monoisotopic (exact) mass is 539 g/mol. The Kier molecular flexibility index (Phi) is 7.64. The highest BCUT2D eigenvalue weighted by atomic mass is 19.4. The van der Waals surface area contributed by atoms with Crippen LogP contribution in [0, 0.1) is 0 Å². The lowest BCUT2D eigenvalue weighted by atomic mass is 9.91. The highest BCUT2D eigenvalue weighted by Gasteiger charge is 2.33. The summed E-state index contributed by atoms with van der Waals surface area (Å²) in [7, 11) is 1.32. The number of methoxy groups -OCH3 is 1. The fraction of sp³-hybridized carbons (Fsp3) is 0.0909. The second-order valence-corrected chi connectivity index (χ2v) is 9.03. The highest BCUT2D eigenvalue weighted by molar-refractivity contribution is 6.03. The molecule has 0 atom stereocenters. The van der Waals surface area contributed by atoms with E-state index in [0.29, 0.717) is 22.3 Å². The molecule has 5 aromatic rings. The van der Waals surface area contributed by atoms with E-state index >= 15 is 0 Å². The van der Waals surface area contributed by atoms with Gasteiger partial charge in [-0.05, 0) is 46.5 Å². The van der Waals surface area contributed by atoms with Gasteiger partial charge in [0.15, 0.2) is 0 Å². The molecule has 0 N–H and O–H groups in total. The van der Waals surface area contributed by atoms with E-state index in [4.69, 9.17) is 4.74 Å². The molecule has 0 spiro atoms. The number of ether oxygens (including phenoxy) is 2. The van der Waals surface area contributed by atoms with Gasteiger partial charge in [0.2, 0.25) is 0 Å². The number of rotatable bonds is 7. The molecule has 0 amide bonds. The topological polar surface area (TPSA) is 48.4 Å². The normalized spacial score (nSPS) is 11.6. The molecule has 200 valence electrons. The number of fused-ring (bicyclic) bond motifs is 1. The first-order valence-electron chi connectivity index (χ1n) is 12.5. The van der Waals surface area contributed by atoms with Crippen molar-refractivity contribution in [2.75, 3.05) is 7.11 Å². The van der Waals surface area contributed by atoms with Gasteiger partial charge in [0.1, 0.15) is 12.4 Å². The van der Waals surface area contributed by atoms with Gasteiger partial charge in [0.25, 0.3) is 0 Å². The molecule has 1 aromatic heterocycles. The first-order chi connectivity index (χ1) is 19.3. The molecule has 0 aliphatic carbocycles. The highest BCUT2D eigenvalue weighted by Crippen LogP contribution is 2.42. The molecule has 1 heterocycles. The minimum atomic E-state index is -4.53. The largest absolute Gasteiger partial charge is 0.489 e. The fourth-order valence-electron chi connectivity index (χ4n) is 4.46. The Morgan fingerprint density at radius 1 is 0.875 bits per heavy atom. The third-order valence-electron chi connectivity index (χ3n) is 6.41. The van der Waals surface area contributed by atoms with Crippen molar-refractivity contribution in [2.24, 2.45) is 0 Å². The minimum Gasteiger partial charge on any atom is -0.489 e. The molecule has 0 aliphatic rings. The summed E-state index contributed by atoms with van der Waals surface area (Å²) in [5.74, 6) is 0.141. The molecule has 0 unspecified atom stereocenters. The van der Waals surface area contributed by atoms with Crippen LogP contribution in [0.25, 0.3) is 39.2 Å². The number of carbonyl (C=O) groups excluding carboxylic acids is 1. The van der Waals surface area contributed by atoms with E-state index in [9.17, 15) is 18.0 Å². The second-order valence-electron chi connectivity index (χ2n) is 9.03. The van der Waals surface area contributed by atoms with Gasteiger partial charge in [-0.1, -0.05) is 78.9 Å². The lowest BCUT2D eigenvalue weighted by molar-refractivity contribution is -0.136. The van der Waals surface area contributed by atoms with Crippen LogP contribution >= 0.6 is 0 Å². The molecule has 4 nitrogen and oxygen atoms in total. The van der Waals surface area contributed by atoms with Gasteiger partial charge < -0.3 is 9.47 Å². The van der Waals surface area contributed by atoms with Crippen molar-refractivity contribution in [1.82, 2.24) is 4.98 Å². The maximum absolute atomic E-state index is 13.8. The van der Waals surface area contributed by atoms with E-state index in [1.165, 1.54) is 25.4 Å². The quantitative estimate of drug-likeness (QED) is 0.154. The first kappa shape index (κ1) is 26.7. The van der Waals surface area contributed by atoms with Gasteiger partial charge in [-0.25, -0.2) is 4.79 Å². The standard InChI is InChI=1S/C33H24F3NO3/c1-39-30(38)18-17-22-13-15-23(16-14-22)21-40-26-10-5-9-25(19-26)31-27-11-6-12-29(33(34,35)36)32(27)37-20-28(31)24-7-3-2-4-8-24/h2-20H,21H2,1H3/b18-17+. The Labute approximate surface area is 229 Å². The summed E-state index contributed by atoms with van der Waals surface area (Å²) in [5.41, 5.74) is 3.81. The SMILES string of the molecule is COC(=O)/C=C/c1ccc(COc2cccc(-c3c(-c4ccccc4)cnc4c(C(F)(F)F)cccc34)c2)cc1. The van der Waals surface area contributed by atoms with Gasteiger partial charge in [-0.15, -0.1) is 0 Å². The fourth-order valence-corrected chi connectivity index (χ4v) is 4.46. The zero-order valence-corrected chi connectivity index (χ0v) is 21.5. The maximum atomic E-state index is 13.8. The van der Waals surface area contributed by atoms with E-state index in [-0.39, 0.29) is 12.1 Å². The summed E-state index contributed by atoms with van der Waals surface area (Å²) in [6.07, 6.45) is -0.0195. The van der Waals surface area contributed by atoms with Crippen molar-refractivity contribution >= 4 is 22.9 Å². The van der Waals surface area contributed by atoms with Gasteiger partial charge in [0.05, 0.1) is 18.2 Å². The van der Waals surface area contributed by atoms with Crippen LogP contribution < -0.4 is 4.74 Å². The zero-order valence-electron chi connectivity index (χ0n) is 21.5.